The molecule has 0 spiro atoms. The molecule has 21 heavy (non-hydrogen) atoms. The van der Waals surface area contributed by atoms with Crippen molar-refractivity contribution in [2.24, 2.45) is 0 Å². The van der Waals surface area contributed by atoms with E-state index < -0.39 is 6.04 Å². The van der Waals surface area contributed by atoms with Crippen molar-refractivity contribution in [3.8, 4) is 0 Å². The van der Waals surface area contributed by atoms with E-state index in [1.165, 1.54) is 0 Å². The summed E-state index contributed by atoms with van der Waals surface area (Å²) < 4.78 is 0. The smallest absolute Gasteiger partial charge is 0.251 e. The van der Waals surface area contributed by atoms with Gasteiger partial charge in [-0.3, -0.25) is 9.59 Å². The van der Waals surface area contributed by atoms with E-state index in [1.54, 1.807) is 31.2 Å². The summed E-state index contributed by atoms with van der Waals surface area (Å²) >= 11 is 5.77. The van der Waals surface area contributed by atoms with Crippen LogP contribution in [0.5, 0.6) is 0 Å². The molecule has 7 heteroatoms. The molecule has 1 heterocycles. The molecule has 1 fully saturated rings. The first kappa shape index (κ1) is 17.8. The summed E-state index contributed by atoms with van der Waals surface area (Å²) in [5, 5.41) is 9.33. The number of rotatable bonds is 4. The topological polar surface area (TPSA) is 70.2 Å². The molecule has 0 saturated carbocycles. The van der Waals surface area contributed by atoms with Gasteiger partial charge in [0.05, 0.1) is 0 Å². The number of carbonyl (C=O) groups is 2. The lowest BCUT2D eigenvalue weighted by molar-refractivity contribution is -0.123. The van der Waals surface area contributed by atoms with Gasteiger partial charge in [0.1, 0.15) is 6.04 Å². The molecule has 1 aliphatic heterocycles. The first-order chi connectivity index (χ1) is 9.56. The number of amides is 2. The molecule has 3 N–H and O–H groups in total. The fraction of sp³-hybridized carbons (Fsp3) is 0.429. The van der Waals surface area contributed by atoms with Gasteiger partial charge in [-0.15, -0.1) is 12.4 Å². The molecule has 2 atom stereocenters. The maximum Gasteiger partial charge on any atom is 0.251 e. The van der Waals surface area contributed by atoms with Crippen molar-refractivity contribution in [1.29, 1.82) is 0 Å². The molecule has 5 nitrogen and oxygen atoms in total. The maximum atomic E-state index is 12.0. The number of benzene rings is 1. The van der Waals surface area contributed by atoms with Crippen LogP contribution in [-0.4, -0.2) is 37.0 Å². The molecule has 0 aromatic heterocycles. The van der Waals surface area contributed by atoms with Crippen molar-refractivity contribution in [1.82, 2.24) is 16.0 Å². The van der Waals surface area contributed by atoms with Gasteiger partial charge in [0, 0.05) is 23.2 Å². The second kappa shape index (κ2) is 8.22. The zero-order valence-corrected chi connectivity index (χ0v) is 13.3. The van der Waals surface area contributed by atoms with Crippen molar-refractivity contribution in [2.75, 3.05) is 13.1 Å². The third-order valence-corrected chi connectivity index (χ3v) is 3.51. The second-order valence-corrected chi connectivity index (χ2v) is 5.34. The van der Waals surface area contributed by atoms with E-state index in [0.29, 0.717) is 10.6 Å². The zero-order chi connectivity index (χ0) is 14.5. The molecular weight excluding hydrogens is 313 g/mol. The molecule has 116 valence electrons. The highest BCUT2D eigenvalue weighted by molar-refractivity contribution is 6.30. The van der Waals surface area contributed by atoms with Crippen LogP contribution in [0.25, 0.3) is 0 Å². The van der Waals surface area contributed by atoms with E-state index in [-0.39, 0.29) is 30.3 Å². The third kappa shape index (κ3) is 5.19. The fourth-order valence-electron chi connectivity index (χ4n) is 2.05. The van der Waals surface area contributed by atoms with Gasteiger partial charge in [-0.25, -0.2) is 0 Å². The van der Waals surface area contributed by atoms with Crippen molar-refractivity contribution in [3.63, 3.8) is 0 Å². The van der Waals surface area contributed by atoms with Crippen LogP contribution in [0.4, 0.5) is 0 Å². The molecule has 0 radical (unpaired) electrons. The minimum atomic E-state index is -0.571. The average Bonchev–Trinajstić information content (AvgIpc) is 2.92. The van der Waals surface area contributed by atoms with Gasteiger partial charge in [0.15, 0.2) is 0 Å². The van der Waals surface area contributed by atoms with Gasteiger partial charge in [-0.1, -0.05) is 11.6 Å². The highest BCUT2D eigenvalue weighted by Gasteiger charge is 2.21. The standard InChI is InChI=1S/C14H18ClN3O2.ClH/c1-9(13(19)18-12-6-7-16-8-12)17-14(20)10-2-4-11(15)5-3-10;/h2-5,9,12,16H,6-8H2,1H3,(H,17,20)(H,18,19);1H. The van der Waals surface area contributed by atoms with Gasteiger partial charge in [-0.05, 0) is 44.2 Å². The Balaban J connectivity index is 0.00000220. The lowest BCUT2D eigenvalue weighted by Crippen LogP contribution is -2.48. The number of hydrogen-bond donors (Lipinski definition) is 3. The Kier molecular flexibility index (Phi) is 6.95. The Morgan fingerprint density at radius 1 is 1.33 bits per heavy atom. The molecule has 0 aliphatic carbocycles. The summed E-state index contributed by atoms with van der Waals surface area (Å²) in [7, 11) is 0. The highest BCUT2D eigenvalue weighted by Crippen LogP contribution is 2.09. The summed E-state index contributed by atoms with van der Waals surface area (Å²) in [6, 6.07) is 6.12. The van der Waals surface area contributed by atoms with Crippen molar-refractivity contribution in [2.45, 2.75) is 25.4 Å². The fourth-order valence-corrected chi connectivity index (χ4v) is 2.18. The summed E-state index contributed by atoms with van der Waals surface area (Å²) in [5.74, 6) is -0.449. The molecule has 0 bridgehead atoms. The van der Waals surface area contributed by atoms with Gasteiger partial charge in [-0.2, -0.15) is 0 Å². The molecule has 1 aromatic rings. The number of nitrogens with one attached hydrogen (secondary N) is 3. The zero-order valence-electron chi connectivity index (χ0n) is 11.7. The van der Waals surface area contributed by atoms with Crippen LogP contribution in [0.3, 0.4) is 0 Å². The van der Waals surface area contributed by atoms with Crippen molar-refractivity contribution >= 4 is 35.8 Å². The summed E-state index contributed by atoms with van der Waals surface area (Å²) in [4.78, 5) is 23.9. The second-order valence-electron chi connectivity index (χ2n) is 4.90. The minimum Gasteiger partial charge on any atom is -0.350 e. The van der Waals surface area contributed by atoms with E-state index in [9.17, 15) is 9.59 Å². The Morgan fingerprint density at radius 2 is 2.00 bits per heavy atom. The first-order valence-corrected chi connectivity index (χ1v) is 7.01. The lowest BCUT2D eigenvalue weighted by Gasteiger charge is -2.17. The van der Waals surface area contributed by atoms with Crippen LogP contribution in [0.1, 0.15) is 23.7 Å². The minimum absolute atomic E-state index is 0. The SMILES string of the molecule is CC(NC(=O)c1ccc(Cl)cc1)C(=O)NC1CCNC1.Cl. The molecule has 2 rings (SSSR count). The van der Waals surface area contributed by atoms with E-state index in [4.69, 9.17) is 11.6 Å². The van der Waals surface area contributed by atoms with Gasteiger partial charge >= 0.3 is 0 Å². The summed E-state index contributed by atoms with van der Waals surface area (Å²) in [5.41, 5.74) is 0.483. The van der Waals surface area contributed by atoms with Crippen LogP contribution in [0, 0.1) is 0 Å². The first-order valence-electron chi connectivity index (χ1n) is 6.64. The Morgan fingerprint density at radius 3 is 2.57 bits per heavy atom. The molecule has 2 unspecified atom stereocenters. The van der Waals surface area contributed by atoms with Crippen LogP contribution in [0.2, 0.25) is 5.02 Å². The molecular formula is C14H19Cl2N3O2. The number of halogens is 2. The van der Waals surface area contributed by atoms with Crippen molar-refractivity contribution in [3.05, 3.63) is 34.9 Å². The van der Waals surface area contributed by atoms with Gasteiger partial charge in [0.2, 0.25) is 5.91 Å². The van der Waals surface area contributed by atoms with E-state index in [1.807, 2.05) is 0 Å². The molecule has 1 aliphatic rings. The molecule has 1 saturated heterocycles. The van der Waals surface area contributed by atoms with Gasteiger partial charge < -0.3 is 16.0 Å². The van der Waals surface area contributed by atoms with Gasteiger partial charge in [0.25, 0.3) is 5.91 Å². The lowest BCUT2D eigenvalue weighted by atomic mass is 10.2. The molecule has 1 aromatic carbocycles. The third-order valence-electron chi connectivity index (χ3n) is 3.25. The Bertz CT molecular complexity index is 487. The normalized spacial score (nSPS) is 18.5. The monoisotopic (exact) mass is 331 g/mol. The van der Waals surface area contributed by atoms with E-state index in [0.717, 1.165) is 19.5 Å². The number of carbonyl (C=O) groups excluding carboxylic acids is 2. The van der Waals surface area contributed by atoms with Crippen LogP contribution in [0.15, 0.2) is 24.3 Å². The highest BCUT2D eigenvalue weighted by atomic mass is 35.5. The largest absolute Gasteiger partial charge is 0.350 e. The predicted octanol–water partition coefficient (Wildman–Crippen LogP) is 1.36. The average molecular weight is 332 g/mol. The Labute approximate surface area is 135 Å². The number of hydrogen-bond acceptors (Lipinski definition) is 3. The van der Waals surface area contributed by atoms with E-state index >= 15 is 0 Å². The predicted molar refractivity (Wildman–Crippen MR) is 85.0 cm³/mol. The summed E-state index contributed by atoms with van der Waals surface area (Å²) in [6.45, 7) is 3.37. The van der Waals surface area contributed by atoms with Crippen LogP contribution >= 0.6 is 24.0 Å². The van der Waals surface area contributed by atoms with Crippen molar-refractivity contribution < 1.29 is 9.59 Å². The summed E-state index contributed by atoms with van der Waals surface area (Å²) in [6.07, 6.45) is 0.920. The van der Waals surface area contributed by atoms with Crippen LogP contribution < -0.4 is 16.0 Å². The molecule has 2 amide bonds. The quantitative estimate of drug-likeness (QED) is 0.780. The van der Waals surface area contributed by atoms with Crippen LogP contribution in [-0.2, 0) is 4.79 Å². The maximum absolute atomic E-state index is 12.0. The van der Waals surface area contributed by atoms with E-state index in [2.05, 4.69) is 16.0 Å². The Hall–Kier alpha value is -1.30.